The Balaban J connectivity index is 0.000000157. The molecule has 9 nitrogen and oxygen atoms in total. The Hall–Kier alpha value is -4.28. The molecule has 4 atom stereocenters. The molecule has 6 aliphatic heterocycles. The summed E-state index contributed by atoms with van der Waals surface area (Å²) in [5.74, 6) is 3.33. The Morgan fingerprint density at radius 3 is 1.85 bits per heavy atom. The molecule has 0 amide bonds. The third-order valence-corrected chi connectivity index (χ3v) is 13.2. The van der Waals surface area contributed by atoms with Crippen LogP contribution in [0, 0.1) is 0 Å². The summed E-state index contributed by atoms with van der Waals surface area (Å²) in [4.78, 5) is 14.1. The van der Waals surface area contributed by atoms with Crippen LogP contribution in [0.2, 0.25) is 0 Å². The fourth-order valence-corrected chi connectivity index (χ4v) is 9.97. The second kappa shape index (κ2) is 20.0. The third kappa shape index (κ3) is 10.1. The number of pyridine rings is 1. The van der Waals surface area contributed by atoms with E-state index in [1.807, 2.05) is 18.3 Å². The molecule has 4 fully saturated rings. The number of aromatic nitrogens is 1. The van der Waals surface area contributed by atoms with Crippen molar-refractivity contribution in [1.29, 1.82) is 0 Å². The average Bonchev–Trinajstić information content (AvgIpc) is 4.06. The minimum atomic E-state index is 0. The molecule has 0 saturated carbocycles. The summed E-state index contributed by atoms with van der Waals surface area (Å²) in [7, 11) is 0. The first-order valence-electron chi connectivity index (χ1n) is 23.2. The number of phenols is 1. The Kier molecular flexibility index (Phi) is 14.8. The highest BCUT2D eigenvalue weighted by Crippen LogP contribution is 2.39. The molecule has 4 bridgehead atoms. The molecule has 0 spiro atoms. The van der Waals surface area contributed by atoms with E-state index in [0.717, 1.165) is 80.3 Å². The minimum absolute atomic E-state index is 0. The molecule has 7 heterocycles. The van der Waals surface area contributed by atoms with Crippen LogP contribution in [0.25, 0.3) is 0 Å². The number of aliphatic imine (C=N–C) groups is 1. The van der Waals surface area contributed by atoms with Gasteiger partial charge in [0, 0.05) is 65.8 Å². The van der Waals surface area contributed by atoms with Gasteiger partial charge in [-0.05, 0) is 79.2 Å². The lowest BCUT2D eigenvalue weighted by atomic mass is 9.92. The minimum Gasteiger partial charge on any atom is -1.00 e. The monoisotopic (exact) mass is 861 g/mol. The van der Waals surface area contributed by atoms with Gasteiger partial charge in [0.05, 0.1) is 36.7 Å². The number of anilines is 2. The van der Waals surface area contributed by atoms with Crippen molar-refractivity contribution in [3.63, 3.8) is 0 Å². The van der Waals surface area contributed by atoms with Crippen LogP contribution in [0.5, 0.6) is 5.75 Å². The number of hydrogen-bond acceptors (Lipinski definition) is 8. The maximum absolute atomic E-state index is 9.80. The SMILES string of the molecule is C1CC2CNCC1O2.CC(C)c1cccc(C(C)C)c1N1C=[N+](c2c(C(C)C)cccc2C(C)C)CC1.Oc1ccc2c(c1)C(c1ccnc(N3CC4CCC(C3)O4)c1)=NC2.[Cl-]. The Bertz CT molecular complexity index is 2160. The van der Waals surface area contributed by atoms with Gasteiger partial charge in [0.15, 0.2) is 0 Å². The molecular weight excluding hydrogens is 792 g/mol. The highest BCUT2D eigenvalue weighted by atomic mass is 35.5. The van der Waals surface area contributed by atoms with Gasteiger partial charge < -0.3 is 37.2 Å². The molecular formula is C52H69ClN6O3. The fraction of sp³-hybridized carbons (Fsp3) is 0.519. The third-order valence-electron chi connectivity index (χ3n) is 13.2. The van der Waals surface area contributed by atoms with Crippen LogP contribution >= 0.6 is 0 Å². The van der Waals surface area contributed by atoms with E-state index < -0.39 is 0 Å². The number of hydrogen-bond donors (Lipinski definition) is 2. The highest BCUT2D eigenvalue weighted by Gasteiger charge is 2.35. The van der Waals surface area contributed by atoms with Gasteiger partial charge in [0.25, 0.3) is 0 Å². The zero-order valence-electron chi connectivity index (χ0n) is 38.3. The van der Waals surface area contributed by atoms with Crippen molar-refractivity contribution >= 4 is 29.2 Å². The van der Waals surface area contributed by atoms with Gasteiger partial charge in [-0.2, -0.15) is 0 Å². The predicted octanol–water partition coefficient (Wildman–Crippen LogP) is 7.02. The smallest absolute Gasteiger partial charge is 0.244 e. The zero-order chi connectivity index (χ0) is 42.8. The molecule has 0 radical (unpaired) electrons. The molecule has 4 saturated heterocycles. The van der Waals surface area contributed by atoms with E-state index in [1.54, 1.807) is 12.1 Å². The molecule has 10 heteroatoms. The van der Waals surface area contributed by atoms with Crippen LogP contribution in [0.3, 0.4) is 0 Å². The lowest BCUT2D eigenvalue weighted by Gasteiger charge is -2.33. The van der Waals surface area contributed by atoms with Gasteiger partial charge in [-0.1, -0.05) is 97.9 Å². The normalized spacial score (nSPS) is 22.3. The summed E-state index contributed by atoms with van der Waals surface area (Å²) in [6.45, 7) is 25.2. The number of para-hydroxylation sites is 2. The first kappa shape index (κ1) is 45.7. The summed E-state index contributed by atoms with van der Waals surface area (Å²) in [6, 6.07) is 23.3. The first-order valence-corrected chi connectivity index (χ1v) is 23.2. The molecule has 62 heavy (non-hydrogen) atoms. The number of benzene rings is 3. The number of morpholine rings is 2. The molecule has 6 aliphatic rings. The van der Waals surface area contributed by atoms with E-state index in [9.17, 15) is 5.11 Å². The van der Waals surface area contributed by atoms with E-state index in [-0.39, 0.29) is 18.2 Å². The largest absolute Gasteiger partial charge is 1.00 e. The van der Waals surface area contributed by atoms with E-state index in [0.29, 0.717) is 54.6 Å². The molecule has 1 aromatic heterocycles. The second-order valence-corrected chi connectivity index (χ2v) is 19.1. The van der Waals surface area contributed by atoms with Crippen LogP contribution in [-0.2, 0) is 16.0 Å². The lowest BCUT2D eigenvalue weighted by Crippen LogP contribution is -3.00. The summed E-state index contributed by atoms with van der Waals surface area (Å²) < 4.78 is 14.0. The predicted molar refractivity (Wildman–Crippen MR) is 250 cm³/mol. The van der Waals surface area contributed by atoms with Gasteiger partial charge in [-0.25, -0.2) is 14.5 Å². The summed E-state index contributed by atoms with van der Waals surface area (Å²) in [5, 5.41) is 13.1. The lowest BCUT2D eigenvalue weighted by molar-refractivity contribution is -0.425. The molecule has 332 valence electrons. The van der Waals surface area contributed by atoms with E-state index >= 15 is 0 Å². The number of fused-ring (bicyclic) bond motifs is 5. The van der Waals surface area contributed by atoms with Crippen molar-refractivity contribution < 1.29 is 31.6 Å². The van der Waals surface area contributed by atoms with Gasteiger partial charge >= 0.3 is 0 Å². The molecule has 0 aliphatic carbocycles. The van der Waals surface area contributed by atoms with Crippen LogP contribution < -0.4 is 27.5 Å². The van der Waals surface area contributed by atoms with Gasteiger partial charge in [0.2, 0.25) is 6.34 Å². The standard InChI is InChI=1S/C27H39N2.C19H19N3O2.C6H11NO.ClH/c1-18(2)22-11-9-12-23(19(3)4)26(22)28-15-16-29(17-28)27-24(20(5)6)13-10-14-25(27)21(7)8;23-14-2-1-13-9-21-19(17(13)8-14)12-5-6-20-18(7-12)22-10-15-3-4-16(11-22)24-15;1-2-6-4-7-3-5(1)8-6;/h9-14,17-21H,15-16H2,1-8H3;1-2,5-8,15-16,23H,3-4,9-11H2;5-7H,1-4H2;1H/q+1;;;/p-1. The van der Waals surface area contributed by atoms with Gasteiger partial charge in [0.1, 0.15) is 36.0 Å². The molecule has 4 unspecified atom stereocenters. The average molecular weight is 862 g/mol. The van der Waals surface area contributed by atoms with E-state index in [1.165, 1.54) is 46.5 Å². The number of ether oxygens (including phenoxy) is 2. The maximum atomic E-state index is 9.80. The number of nitrogens with zero attached hydrogens (tertiary/aromatic N) is 5. The summed E-state index contributed by atoms with van der Waals surface area (Å²) >= 11 is 0. The quantitative estimate of drug-likeness (QED) is 0.185. The Labute approximate surface area is 377 Å². The number of halogens is 1. The molecule has 10 rings (SSSR count). The van der Waals surface area contributed by atoms with Crippen molar-refractivity contribution in [1.82, 2.24) is 10.3 Å². The van der Waals surface area contributed by atoms with Crippen LogP contribution in [0.15, 0.2) is 77.9 Å². The number of rotatable bonds is 8. The summed E-state index contributed by atoms with van der Waals surface area (Å²) in [5.41, 5.74) is 12.8. The molecule has 3 aromatic carbocycles. The van der Waals surface area contributed by atoms with Crippen molar-refractivity contribution in [2.24, 2.45) is 4.99 Å². The zero-order valence-corrected chi connectivity index (χ0v) is 39.0. The number of phenolic OH excluding ortho intramolecular Hbond substituents is 1. The maximum Gasteiger partial charge on any atom is 0.244 e. The molecule has 2 N–H and O–H groups in total. The fourth-order valence-electron chi connectivity index (χ4n) is 9.97. The van der Waals surface area contributed by atoms with Crippen LogP contribution in [0.4, 0.5) is 17.2 Å². The van der Waals surface area contributed by atoms with Gasteiger partial charge in [-0.3, -0.25) is 4.99 Å². The highest BCUT2D eigenvalue weighted by molar-refractivity contribution is 6.15. The van der Waals surface area contributed by atoms with Crippen molar-refractivity contribution in [2.45, 2.75) is 136 Å². The van der Waals surface area contributed by atoms with Crippen molar-refractivity contribution in [3.05, 3.63) is 112 Å². The van der Waals surface area contributed by atoms with E-state index in [4.69, 9.17) is 9.47 Å². The Morgan fingerprint density at radius 1 is 0.710 bits per heavy atom. The number of aromatic hydroxyl groups is 1. The topological polar surface area (TPSA) is 85.5 Å². The number of nitrogens with one attached hydrogen (secondary N) is 1. The molecule has 4 aromatic rings. The Morgan fingerprint density at radius 2 is 1.27 bits per heavy atom. The summed E-state index contributed by atoms with van der Waals surface area (Å²) in [6.07, 6.45) is 10.9. The van der Waals surface area contributed by atoms with E-state index in [2.05, 4.69) is 134 Å². The second-order valence-electron chi connectivity index (χ2n) is 19.1. The first-order chi connectivity index (χ1) is 29.4. The van der Waals surface area contributed by atoms with Crippen LogP contribution in [0.1, 0.15) is 144 Å². The van der Waals surface area contributed by atoms with Crippen LogP contribution in [-0.4, -0.2) is 90.4 Å². The van der Waals surface area contributed by atoms with Gasteiger partial charge in [-0.15, -0.1) is 0 Å². The van der Waals surface area contributed by atoms with Crippen molar-refractivity contribution in [3.8, 4) is 5.75 Å². The van der Waals surface area contributed by atoms with Crippen molar-refractivity contribution in [2.75, 3.05) is 49.1 Å².